The van der Waals surface area contributed by atoms with Gasteiger partial charge in [-0.05, 0) is 31.0 Å². The molecule has 110 valence electrons. The van der Waals surface area contributed by atoms with Crippen molar-refractivity contribution >= 4 is 23.5 Å². The molecule has 0 aromatic heterocycles. The van der Waals surface area contributed by atoms with Gasteiger partial charge >= 0.3 is 6.03 Å². The Balaban J connectivity index is 1.80. The van der Waals surface area contributed by atoms with Crippen molar-refractivity contribution in [3.8, 4) is 0 Å². The molecule has 1 aromatic rings. The third kappa shape index (κ3) is 4.97. The predicted molar refractivity (Wildman–Crippen MR) is 74.3 cm³/mol. The predicted octanol–water partition coefficient (Wildman–Crippen LogP) is 3.30. The molecule has 0 radical (unpaired) electrons. The van der Waals surface area contributed by atoms with Gasteiger partial charge in [-0.25, -0.2) is 4.79 Å². The van der Waals surface area contributed by atoms with E-state index in [2.05, 4.69) is 10.6 Å². The summed E-state index contributed by atoms with van der Waals surface area (Å²) >= 11 is 0.448. The number of carbonyl (C=O) groups excluding carboxylic acids is 1. The second kappa shape index (κ2) is 7.44. The van der Waals surface area contributed by atoms with Crippen molar-refractivity contribution in [2.45, 2.75) is 29.6 Å². The largest absolute Gasteiger partial charge is 0.376 e. The van der Waals surface area contributed by atoms with E-state index < -0.39 is 5.76 Å². The molecule has 1 aliphatic rings. The maximum atomic E-state index is 12.3. The number of urea groups is 1. The van der Waals surface area contributed by atoms with Crippen LogP contribution in [0.5, 0.6) is 0 Å². The molecule has 7 heteroatoms. The minimum absolute atomic E-state index is 0.0708. The Bertz CT molecular complexity index is 454. The van der Waals surface area contributed by atoms with Crippen molar-refractivity contribution < 1.29 is 18.3 Å². The molecule has 1 saturated heterocycles. The van der Waals surface area contributed by atoms with E-state index in [1.54, 1.807) is 18.2 Å². The summed E-state index contributed by atoms with van der Waals surface area (Å²) in [6.45, 7) is 1.19. The van der Waals surface area contributed by atoms with Gasteiger partial charge in [-0.2, -0.15) is 8.78 Å². The standard InChI is InChI=1S/C13H16F2N2O2S/c14-12(15)20-11-5-1-3-9(7-11)17-13(18)16-8-10-4-2-6-19-10/h1,3,5,7,10,12H,2,4,6,8H2,(H2,16,17,18). The van der Waals surface area contributed by atoms with Crippen LogP contribution in [0.15, 0.2) is 29.2 Å². The summed E-state index contributed by atoms with van der Waals surface area (Å²) < 4.78 is 29.9. The lowest BCUT2D eigenvalue weighted by Gasteiger charge is -2.12. The normalized spacial score (nSPS) is 18.2. The number of ether oxygens (including phenoxy) is 1. The average molecular weight is 302 g/mol. The molecule has 1 heterocycles. The zero-order chi connectivity index (χ0) is 14.4. The molecule has 2 amide bonds. The first-order valence-corrected chi connectivity index (χ1v) is 7.23. The number of amides is 2. The third-order valence-corrected chi connectivity index (χ3v) is 3.54. The molecule has 2 rings (SSSR count). The van der Waals surface area contributed by atoms with E-state index in [4.69, 9.17) is 4.74 Å². The van der Waals surface area contributed by atoms with Crippen LogP contribution in [0.25, 0.3) is 0 Å². The smallest absolute Gasteiger partial charge is 0.319 e. The fourth-order valence-electron chi connectivity index (χ4n) is 1.94. The number of carbonyl (C=O) groups is 1. The third-order valence-electron chi connectivity index (χ3n) is 2.83. The molecule has 1 aromatic carbocycles. The molecule has 0 spiro atoms. The summed E-state index contributed by atoms with van der Waals surface area (Å²) in [5.74, 6) is -2.47. The van der Waals surface area contributed by atoms with Crippen molar-refractivity contribution in [2.75, 3.05) is 18.5 Å². The lowest BCUT2D eigenvalue weighted by atomic mass is 10.2. The number of hydrogen-bond donors (Lipinski definition) is 2. The van der Waals surface area contributed by atoms with Gasteiger partial charge in [0, 0.05) is 23.7 Å². The highest BCUT2D eigenvalue weighted by Gasteiger charge is 2.16. The summed E-state index contributed by atoms with van der Waals surface area (Å²) in [5, 5.41) is 5.32. The number of benzene rings is 1. The molecule has 4 nitrogen and oxygen atoms in total. The quantitative estimate of drug-likeness (QED) is 0.821. The van der Waals surface area contributed by atoms with Crippen molar-refractivity contribution in [2.24, 2.45) is 0 Å². The van der Waals surface area contributed by atoms with E-state index in [0.717, 1.165) is 19.4 Å². The van der Waals surface area contributed by atoms with Crippen LogP contribution in [-0.2, 0) is 4.74 Å². The van der Waals surface area contributed by atoms with E-state index >= 15 is 0 Å². The molecule has 0 saturated carbocycles. The van der Waals surface area contributed by atoms with Crippen LogP contribution in [0.3, 0.4) is 0 Å². The monoisotopic (exact) mass is 302 g/mol. The Hall–Kier alpha value is -1.34. The van der Waals surface area contributed by atoms with Gasteiger partial charge in [-0.3, -0.25) is 0 Å². The number of hydrogen-bond acceptors (Lipinski definition) is 3. The molecule has 1 aliphatic heterocycles. The number of halogens is 2. The molecule has 20 heavy (non-hydrogen) atoms. The molecular formula is C13H16F2N2O2S. The van der Waals surface area contributed by atoms with Gasteiger partial charge in [0.1, 0.15) is 0 Å². The highest BCUT2D eigenvalue weighted by molar-refractivity contribution is 7.99. The van der Waals surface area contributed by atoms with Crippen molar-refractivity contribution in [1.82, 2.24) is 5.32 Å². The van der Waals surface area contributed by atoms with Gasteiger partial charge < -0.3 is 15.4 Å². The van der Waals surface area contributed by atoms with Crippen LogP contribution in [0.1, 0.15) is 12.8 Å². The van der Waals surface area contributed by atoms with Crippen LogP contribution in [0.2, 0.25) is 0 Å². The van der Waals surface area contributed by atoms with E-state index in [0.29, 0.717) is 28.9 Å². The lowest BCUT2D eigenvalue weighted by Crippen LogP contribution is -2.35. The minimum Gasteiger partial charge on any atom is -0.376 e. The fraction of sp³-hybridized carbons (Fsp3) is 0.462. The van der Waals surface area contributed by atoms with Gasteiger partial charge in [0.2, 0.25) is 0 Å². The summed E-state index contributed by atoms with van der Waals surface area (Å²) in [6.07, 6.45) is 2.03. The Morgan fingerprint density at radius 3 is 3.05 bits per heavy atom. The Morgan fingerprint density at radius 2 is 2.35 bits per heavy atom. The lowest BCUT2D eigenvalue weighted by molar-refractivity contribution is 0.112. The van der Waals surface area contributed by atoms with Crippen LogP contribution in [0.4, 0.5) is 19.3 Å². The zero-order valence-corrected chi connectivity index (χ0v) is 11.6. The van der Waals surface area contributed by atoms with Gasteiger partial charge in [-0.15, -0.1) is 0 Å². The number of rotatable bonds is 5. The number of thioether (sulfide) groups is 1. The van der Waals surface area contributed by atoms with E-state index in [1.807, 2.05) is 0 Å². The van der Waals surface area contributed by atoms with Crippen molar-refractivity contribution in [3.63, 3.8) is 0 Å². The number of anilines is 1. The molecule has 1 unspecified atom stereocenters. The van der Waals surface area contributed by atoms with Gasteiger partial charge in [0.25, 0.3) is 5.76 Å². The minimum atomic E-state index is -2.47. The topological polar surface area (TPSA) is 50.4 Å². The molecule has 0 aliphatic carbocycles. The van der Waals surface area contributed by atoms with E-state index in [-0.39, 0.29) is 12.1 Å². The van der Waals surface area contributed by atoms with E-state index in [1.165, 1.54) is 6.07 Å². The maximum absolute atomic E-state index is 12.3. The van der Waals surface area contributed by atoms with Crippen LogP contribution in [0, 0.1) is 0 Å². The number of nitrogens with one attached hydrogen (secondary N) is 2. The molecule has 2 N–H and O–H groups in total. The van der Waals surface area contributed by atoms with Crippen molar-refractivity contribution in [3.05, 3.63) is 24.3 Å². The summed E-state index contributed by atoms with van der Waals surface area (Å²) in [7, 11) is 0. The van der Waals surface area contributed by atoms with Crippen molar-refractivity contribution in [1.29, 1.82) is 0 Å². The first kappa shape index (κ1) is 15.1. The Morgan fingerprint density at radius 1 is 1.50 bits per heavy atom. The Kier molecular flexibility index (Phi) is 5.60. The molecule has 1 atom stereocenters. The fourth-order valence-corrected chi connectivity index (χ4v) is 2.50. The highest BCUT2D eigenvalue weighted by atomic mass is 32.2. The van der Waals surface area contributed by atoms with Crippen LogP contribution >= 0.6 is 11.8 Å². The second-order valence-electron chi connectivity index (χ2n) is 4.38. The number of alkyl halides is 2. The zero-order valence-electron chi connectivity index (χ0n) is 10.8. The van der Waals surface area contributed by atoms with E-state index in [9.17, 15) is 13.6 Å². The summed E-state index contributed by atoms with van der Waals surface area (Å²) in [4.78, 5) is 12.1. The van der Waals surface area contributed by atoms with Gasteiger partial charge in [0.15, 0.2) is 0 Å². The van der Waals surface area contributed by atoms with Gasteiger partial charge in [-0.1, -0.05) is 17.8 Å². The molecular weight excluding hydrogens is 286 g/mol. The SMILES string of the molecule is O=C(NCC1CCCO1)Nc1cccc(SC(F)F)c1. The Labute approximate surface area is 120 Å². The van der Waals surface area contributed by atoms with Crippen LogP contribution in [-0.4, -0.2) is 31.0 Å². The average Bonchev–Trinajstić information content (AvgIpc) is 2.89. The first-order valence-electron chi connectivity index (χ1n) is 6.35. The molecule has 1 fully saturated rings. The highest BCUT2D eigenvalue weighted by Crippen LogP contribution is 2.27. The molecule has 0 bridgehead atoms. The summed E-state index contributed by atoms with van der Waals surface area (Å²) in [5.41, 5.74) is 0.487. The maximum Gasteiger partial charge on any atom is 0.319 e. The van der Waals surface area contributed by atoms with Crippen LogP contribution < -0.4 is 10.6 Å². The summed E-state index contributed by atoms with van der Waals surface area (Å²) in [6, 6.07) is 6.01. The van der Waals surface area contributed by atoms with Gasteiger partial charge in [0.05, 0.1) is 6.10 Å². The first-order chi connectivity index (χ1) is 9.63. The second-order valence-corrected chi connectivity index (χ2v) is 5.44.